The lowest BCUT2D eigenvalue weighted by Gasteiger charge is -2.24. The monoisotopic (exact) mass is 360 g/mol. The van der Waals surface area contributed by atoms with Crippen molar-refractivity contribution in [1.82, 2.24) is 10.2 Å². The van der Waals surface area contributed by atoms with Crippen molar-refractivity contribution in [3.63, 3.8) is 0 Å². The van der Waals surface area contributed by atoms with Crippen molar-refractivity contribution in [3.8, 4) is 5.75 Å². The largest absolute Gasteiger partial charge is 0.488 e. The molecule has 3 rings (SSSR count). The molecule has 0 saturated carbocycles. The highest BCUT2D eigenvalue weighted by atomic mass is 35.5. The van der Waals surface area contributed by atoms with Crippen LogP contribution < -0.4 is 10.1 Å². The minimum atomic E-state index is 0. The average molecular weight is 361 g/mol. The van der Waals surface area contributed by atoms with Gasteiger partial charge in [0.2, 0.25) is 0 Å². The van der Waals surface area contributed by atoms with Gasteiger partial charge < -0.3 is 15.0 Å². The summed E-state index contributed by atoms with van der Waals surface area (Å²) in [7, 11) is 1.87. The molecule has 1 amide bonds. The van der Waals surface area contributed by atoms with Gasteiger partial charge in [-0.15, -0.1) is 12.4 Å². The summed E-state index contributed by atoms with van der Waals surface area (Å²) in [4.78, 5) is 14.7. The van der Waals surface area contributed by atoms with Crippen LogP contribution >= 0.6 is 12.4 Å². The van der Waals surface area contributed by atoms with Crippen LogP contribution in [-0.2, 0) is 6.61 Å². The number of aryl methyl sites for hydroxylation is 1. The number of nitrogens with zero attached hydrogens (tertiary/aromatic N) is 1. The zero-order valence-electron chi connectivity index (χ0n) is 14.7. The topological polar surface area (TPSA) is 41.6 Å². The van der Waals surface area contributed by atoms with Crippen LogP contribution in [-0.4, -0.2) is 37.0 Å². The van der Waals surface area contributed by atoms with Crippen molar-refractivity contribution in [2.24, 2.45) is 0 Å². The van der Waals surface area contributed by atoms with E-state index in [1.54, 1.807) is 0 Å². The van der Waals surface area contributed by atoms with Gasteiger partial charge in [0.05, 0.1) is 5.56 Å². The first-order valence-electron chi connectivity index (χ1n) is 8.41. The van der Waals surface area contributed by atoms with Crippen molar-refractivity contribution in [2.75, 3.05) is 20.1 Å². The fraction of sp³-hybridized carbons (Fsp3) is 0.350. The predicted octanol–water partition coefficient (Wildman–Crippen LogP) is 3.43. The summed E-state index contributed by atoms with van der Waals surface area (Å²) in [6, 6.07) is 15.9. The van der Waals surface area contributed by atoms with E-state index in [9.17, 15) is 4.79 Å². The molecule has 134 valence electrons. The number of rotatable bonds is 5. The number of likely N-dealkylation sites (N-methyl/N-ethyl adjacent to an activating group) is 1. The molecule has 0 aromatic heterocycles. The summed E-state index contributed by atoms with van der Waals surface area (Å²) in [6.45, 7) is 4.35. The van der Waals surface area contributed by atoms with Crippen molar-refractivity contribution in [3.05, 3.63) is 65.2 Å². The molecule has 2 aromatic rings. The van der Waals surface area contributed by atoms with E-state index in [0.717, 1.165) is 25.1 Å². The van der Waals surface area contributed by atoms with E-state index in [1.807, 2.05) is 48.3 Å². The summed E-state index contributed by atoms with van der Waals surface area (Å²) < 4.78 is 5.97. The Balaban J connectivity index is 0.00000225. The van der Waals surface area contributed by atoms with Gasteiger partial charge in [-0.05, 0) is 43.1 Å². The van der Waals surface area contributed by atoms with E-state index < -0.39 is 0 Å². The Kier molecular flexibility index (Phi) is 6.85. The molecule has 1 aliphatic heterocycles. The smallest absolute Gasteiger partial charge is 0.257 e. The summed E-state index contributed by atoms with van der Waals surface area (Å²) in [5.41, 5.74) is 2.95. The molecule has 0 bridgehead atoms. The highest BCUT2D eigenvalue weighted by molar-refractivity contribution is 5.97. The molecule has 0 radical (unpaired) electrons. The van der Waals surface area contributed by atoms with E-state index in [-0.39, 0.29) is 24.4 Å². The normalized spacial score (nSPS) is 16.2. The highest BCUT2D eigenvalue weighted by Gasteiger charge is 2.25. The Labute approximate surface area is 155 Å². The van der Waals surface area contributed by atoms with E-state index in [2.05, 4.69) is 24.4 Å². The van der Waals surface area contributed by atoms with Crippen molar-refractivity contribution < 1.29 is 9.53 Å². The Morgan fingerprint density at radius 2 is 1.92 bits per heavy atom. The number of carbonyl (C=O) groups is 1. The number of ether oxygens (including phenoxy) is 1. The van der Waals surface area contributed by atoms with E-state index in [1.165, 1.54) is 5.56 Å². The van der Waals surface area contributed by atoms with Gasteiger partial charge in [-0.3, -0.25) is 4.79 Å². The fourth-order valence-electron chi connectivity index (χ4n) is 3.02. The molecule has 1 unspecified atom stereocenters. The lowest BCUT2D eigenvalue weighted by molar-refractivity contribution is 0.0739. The van der Waals surface area contributed by atoms with Crippen LogP contribution in [0.15, 0.2) is 48.5 Å². The van der Waals surface area contributed by atoms with Gasteiger partial charge in [-0.25, -0.2) is 0 Å². The van der Waals surface area contributed by atoms with Gasteiger partial charge in [0.15, 0.2) is 0 Å². The van der Waals surface area contributed by atoms with Crippen molar-refractivity contribution in [1.29, 1.82) is 0 Å². The lowest BCUT2D eigenvalue weighted by Crippen LogP contribution is -2.38. The lowest BCUT2D eigenvalue weighted by atomic mass is 10.1. The summed E-state index contributed by atoms with van der Waals surface area (Å²) >= 11 is 0. The maximum absolute atomic E-state index is 12.8. The molecule has 25 heavy (non-hydrogen) atoms. The van der Waals surface area contributed by atoms with Crippen LogP contribution in [0.1, 0.15) is 27.9 Å². The maximum atomic E-state index is 12.8. The molecule has 1 atom stereocenters. The zero-order chi connectivity index (χ0) is 16.9. The van der Waals surface area contributed by atoms with E-state index in [0.29, 0.717) is 17.9 Å². The van der Waals surface area contributed by atoms with Crippen LogP contribution in [0.2, 0.25) is 0 Å². The average Bonchev–Trinajstić information content (AvgIpc) is 3.15. The van der Waals surface area contributed by atoms with Gasteiger partial charge in [0, 0.05) is 19.6 Å². The minimum Gasteiger partial charge on any atom is -0.488 e. The third kappa shape index (κ3) is 4.53. The Bertz CT molecular complexity index is 714. The third-order valence-corrected chi connectivity index (χ3v) is 4.66. The zero-order valence-corrected chi connectivity index (χ0v) is 15.5. The number of para-hydroxylation sites is 1. The standard InChI is InChI=1S/C20H24N2O2.ClH/c1-15-7-3-4-8-16(15)14-24-19-10-6-5-9-18(19)20(23)22(2)17-11-12-21-13-17;/h3-10,17,21H,11-14H2,1-2H3;1H. The molecule has 1 saturated heterocycles. The first-order valence-corrected chi connectivity index (χ1v) is 8.41. The second-order valence-electron chi connectivity index (χ2n) is 6.27. The quantitative estimate of drug-likeness (QED) is 0.888. The number of benzene rings is 2. The summed E-state index contributed by atoms with van der Waals surface area (Å²) in [6.07, 6.45) is 0.995. The first-order chi connectivity index (χ1) is 11.7. The Morgan fingerprint density at radius 1 is 1.20 bits per heavy atom. The molecule has 1 heterocycles. The molecule has 0 spiro atoms. The van der Waals surface area contributed by atoms with Crippen LogP contribution in [0.4, 0.5) is 0 Å². The fourth-order valence-corrected chi connectivity index (χ4v) is 3.02. The van der Waals surface area contributed by atoms with E-state index >= 15 is 0 Å². The molecule has 4 nitrogen and oxygen atoms in total. The predicted molar refractivity (Wildman–Crippen MR) is 103 cm³/mol. The molecule has 1 fully saturated rings. The van der Waals surface area contributed by atoms with Gasteiger partial charge in [-0.2, -0.15) is 0 Å². The number of hydrogen-bond donors (Lipinski definition) is 1. The minimum absolute atomic E-state index is 0. The van der Waals surface area contributed by atoms with Gasteiger partial charge in [-0.1, -0.05) is 36.4 Å². The van der Waals surface area contributed by atoms with Crippen molar-refractivity contribution in [2.45, 2.75) is 26.0 Å². The Morgan fingerprint density at radius 3 is 2.64 bits per heavy atom. The summed E-state index contributed by atoms with van der Waals surface area (Å²) in [5.74, 6) is 0.660. The number of halogens is 1. The van der Waals surface area contributed by atoms with Gasteiger partial charge >= 0.3 is 0 Å². The third-order valence-electron chi connectivity index (χ3n) is 4.66. The van der Waals surface area contributed by atoms with Gasteiger partial charge in [0.1, 0.15) is 12.4 Å². The molecule has 5 heteroatoms. The number of carbonyl (C=O) groups excluding carboxylic acids is 1. The molecule has 1 N–H and O–H groups in total. The molecule has 2 aromatic carbocycles. The SMILES string of the molecule is Cc1ccccc1COc1ccccc1C(=O)N(C)C1CCNC1.Cl. The molecule has 1 aliphatic rings. The van der Waals surface area contributed by atoms with Crippen LogP contribution in [0.25, 0.3) is 0 Å². The van der Waals surface area contributed by atoms with E-state index in [4.69, 9.17) is 4.74 Å². The van der Waals surface area contributed by atoms with Gasteiger partial charge in [0.25, 0.3) is 5.91 Å². The Hall–Kier alpha value is -2.04. The van der Waals surface area contributed by atoms with Crippen molar-refractivity contribution >= 4 is 18.3 Å². The second kappa shape index (κ2) is 8.88. The van der Waals surface area contributed by atoms with Crippen LogP contribution in [0.3, 0.4) is 0 Å². The molecular formula is C20H25ClN2O2. The first kappa shape index (κ1) is 19.3. The number of amides is 1. The van der Waals surface area contributed by atoms with Crippen LogP contribution in [0, 0.1) is 6.92 Å². The number of nitrogens with one attached hydrogen (secondary N) is 1. The molecule has 0 aliphatic carbocycles. The van der Waals surface area contributed by atoms with Crippen LogP contribution in [0.5, 0.6) is 5.75 Å². The highest BCUT2D eigenvalue weighted by Crippen LogP contribution is 2.23. The molecular weight excluding hydrogens is 336 g/mol. The second-order valence-corrected chi connectivity index (χ2v) is 6.27. The summed E-state index contributed by atoms with van der Waals surface area (Å²) in [5, 5.41) is 3.30. The number of hydrogen-bond acceptors (Lipinski definition) is 3. The maximum Gasteiger partial charge on any atom is 0.257 e.